The molecular weight excluding hydrogens is 340 g/mol. The molecular formula is C20H26N6O. The summed E-state index contributed by atoms with van der Waals surface area (Å²) in [5.74, 6) is 1.37. The first-order chi connectivity index (χ1) is 13.2. The second-order valence-corrected chi connectivity index (χ2v) is 8.00. The van der Waals surface area contributed by atoms with Crippen LogP contribution < -0.4 is 4.90 Å². The lowest BCUT2D eigenvalue weighted by molar-refractivity contribution is -0.133. The van der Waals surface area contributed by atoms with E-state index in [2.05, 4.69) is 14.8 Å². The highest BCUT2D eigenvalue weighted by molar-refractivity contribution is 5.82. The molecule has 5 rings (SSSR count). The smallest absolute Gasteiger partial charge is 0.226 e. The highest BCUT2D eigenvalue weighted by Crippen LogP contribution is 2.40. The van der Waals surface area contributed by atoms with Gasteiger partial charge in [0.2, 0.25) is 11.9 Å². The van der Waals surface area contributed by atoms with E-state index in [9.17, 15) is 4.79 Å². The maximum absolute atomic E-state index is 12.7. The number of likely N-dealkylation sites (tertiary alicyclic amines) is 1. The van der Waals surface area contributed by atoms with Gasteiger partial charge in [0.15, 0.2) is 0 Å². The number of hydrogen-bond acceptors (Lipinski definition) is 5. The molecule has 7 nitrogen and oxygen atoms in total. The lowest BCUT2D eigenvalue weighted by Crippen LogP contribution is -2.32. The van der Waals surface area contributed by atoms with Gasteiger partial charge in [-0.2, -0.15) is 5.10 Å². The molecule has 2 aromatic heterocycles. The number of aryl methyl sites for hydroxylation is 1. The summed E-state index contributed by atoms with van der Waals surface area (Å²) in [4.78, 5) is 26.4. The molecule has 2 aliphatic heterocycles. The first kappa shape index (κ1) is 16.7. The van der Waals surface area contributed by atoms with Gasteiger partial charge in [-0.05, 0) is 44.6 Å². The predicted molar refractivity (Wildman–Crippen MR) is 102 cm³/mol. The summed E-state index contributed by atoms with van der Waals surface area (Å²) >= 11 is 0. The molecule has 1 amide bonds. The Morgan fingerprint density at radius 2 is 1.93 bits per heavy atom. The quantitative estimate of drug-likeness (QED) is 0.832. The van der Waals surface area contributed by atoms with Gasteiger partial charge in [0.1, 0.15) is 0 Å². The lowest BCUT2D eigenvalue weighted by Gasteiger charge is -2.24. The van der Waals surface area contributed by atoms with E-state index < -0.39 is 0 Å². The van der Waals surface area contributed by atoms with Gasteiger partial charge >= 0.3 is 0 Å². The maximum atomic E-state index is 12.7. The second kappa shape index (κ2) is 6.62. The monoisotopic (exact) mass is 366 g/mol. The topological polar surface area (TPSA) is 67.2 Å². The molecule has 3 fully saturated rings. The molecule has 1 unspecified atom stereocenters. The first-order valence-electron chi connectivity index (χ1n) is 10.1. The van der Waals surface area contributed by atoms with Crippen molar-refractivity contribution < 1.29 is 4.79 Å². The van der Waals surface area contributed by atoms with Gasteiger partial charge in [-0.1, -0.05) is 0 Å². The van der Waals surface area contributed by atoms with E-state index in [-0.39, 0.29) is 12.0 Å². The van der Waals surface area contributed by atoms with Crippen molar-refractivity contribution in [3.05, 3.63) is 24.2 Å². The molecule has 2 aromatic rings. The van der Waals surface area contributed by atoms with Crippen LogP contribution in [0.2, 0.25) is 0 Å². The van der Waals surface area contributed by atoms with Gasteiger partial charge in [-0.25, -0.2) is 9.97 Å². The third kappa shape index (κ3) is 3.09. The average Bonchev–Trinajstić information content (AvgIpc) is 3.09. The van der Waals surface area contributed by atoms with Crippen LogP contribution >= 0.6 is 0 Å². The summed E-state index contributed by atoms with van der Waals surface area (Å²) in [6.07, 6.45) is 10.4. The van der Waals surface area contributed by atoms with E-state index >= 15 is 0 Å². The third-order valence-electron chi connectivity index (χ3n) is 5.94. The Balaban J connectivity index is 1.49. The summed E-state index contributed by atoms with van der Waals surface area (Å²) in [7, 11) is 1.94. The summed E-state index contributed by atoms with van der Waals surface area (Å²) < 4.78 is 1.85. The van der Waals surface area contributed by atoms with Crippen LogP contribution in [0.1, 0.15) is 50.3 Å². The van der Waals surface area contributed by atoms with Crippen molar-refractivity contribution in [2.75, 3.05) is 24.5 Å². The van der Waals surface area contributed by atoms with E-state index in [0.29, 0.717) is 5.91 Å². The summed E-state index contributed by atoms with van der Waals surface area (Å²) in [5.41, 5.74) is 2.91. The van der Waals surface area contributed by atoms with E-state index in [0.717, 1.165) is 68.2 Å². The van der Waals surface area contributed by atoms with Gasteiger partial charge in [0.05, 0.1) is 17.4 Å². The highest BCUT2D eigenvalue weighted by Gasteiger charge is 2.40. The van der Waals surface area contributed by atoms with E-state index in [1.807, 2.05) is 30.2 Å². The van der Waals surface area contributed by atoms with Crippen molar-refractivity contribution in [2.45, 2.75) is 44.6 Å². The lowest BCUT2D eigenvalue weighted by atomic mass is 10.0. The van der Waals surface area contributed by atoms with Gasteiger partial charge < -0.3 is 9.80 Å². The van der Waals surface area contributed by atoms with Crippen LogP contribution in [0.3, 0.4) is 0 Å². The van der Waals surface area contributed by atoms with E-state index in [1.165, 1.54) is 12.8 Å². The molecule has 1 aliphatic carbocycles. The van der Waals surface area contributed by atoms with Crippen LogP contribution in [-0.4, -0.2) is 50.2 Å². The molecule has 0 radical (unpaired) electrons. The molecule has 142 valence electrons. The molecule has 1 saturated carbocycles. The van der Waals surface area contributed by atoms with E-state index in [1.54, 1.807) is 0 Å². The number of hydrogen-bond donors (Lipinski definition) is 0. The zero-order valence-corrected chi connectivity index (χ0v) is 15.8. The number of aromatic nitrogens is 4. The molecule has 0 N–H and O–H groups in total. The molecule has 4 heterocycles. The molecule has 3 aliphatic rings. The number of anilines is 1. The fraction of sp³-hybridized carbons (Fsp3) is 0.600. The van der Waals surface area contributed by atoms with Crippen molar-refractivity contribution >= 4 is 11.9 Å². The average molecular weight is 366 g/mol. The Hall–Kier alpha value is -2.44. The first-order valence-corrected chi connectivity index (χ1v) is 10.1. The number of nitrogens with zero attached hydrogens (tertiary/aromatic N) is 6. The van der Waals surface area contributed by atoms with Crippen molar-refractivity contribution in [1.29, 1.82) is 0 Å². The molecule has 2 saturated heterocycles. The van der Waals surface area contributed by atoms with E-state index in [4.69, 9.17) is 10.1 Å². The molecule has 0 bridgehead atoms. The van der Waals surface area contributed by atoms with Crippen LogP contribution in [0.25, 0.3) is 11.3 Å². The standard InChI is InChI=1S/C20H26N6O/c1-24-13-15(16-8-9-21-20(22-16)25-10-2-3-11-25)18(23-24)17-5-4-12-26(17)19(27)14-6-7-14/h8-9,13-14,17H,2-7,10-12H2,1H3. The molecule has 7 heteroatoms. The number of rotatable bonds is 4. The number of amides is 1. The predicted octanol–water partition coefficient (Wildman–Crippen LogP) is 2.55. The Morgan fingerprint density at radius 3 is 2.70 bits per heavy atom. The molecule has 0 aromatic carbocycles. The SMILES string of the molecule is Cn1cc(-c2ccnc(N3CCCC3)n2)c(C2CCCN2C(=O)C2CC2)n1. The zero-order chi connectivity index (χ0) is 18.4. The summed E-state index contributed by atoms with van der Waals surface area (Å²) in [5, 5.41) is 4.76. The largest absolute Gasteiger partial charge is 0.341 e. The van der Waals surface area contributed by atoms with Crippen LogP contribution in [0.4, 0.5) is 5.95 Å². The van der Waals surface area contributed by atoms with Crippen molar-refractivity contribution in [3.63, 3.8) is 0 Å². The Labute approximate surface area is 159 Å². The minimum atomic E-state index is 0.0690. The molecule has 1 atom stereocenters. The van der Waals surface area contributed by atoms with Crippen LogP contribution in [0, 0.1) is 5.92 Å². The summed E-state index contributed by atoms with van der Waals surface area (Å²) in [6.45, 7) is 2.89. The fourth-order valence-corrected chi connectivity index (χ4v) is 4.40. The van der Waals surface area contributed by atoms with Crippen LogP contribution in [0.5, 0.6) is 0 Å². The zero-order valence-electron chi connectivity index (χ0n) is 15.8. The summed E-state index contributed by atoms with van der Waals surface area (Å²) in [6, 6.07) is 2.03. The second-order valence-electron chi connectivity index (χ2n) is 8.00. The molecule has 0 spiro atoms. The van der Waals surface area contributed by atoms with Crippen LogP contribution in [-0.2, 0) is 11.8 Å². The van der Waals surface area contributed by atoms with Crippen molar-refractivity contribution in [2.24, 2.45) is 13.0 Å². The van der Waals surface area contributed by atoms with Crippen LogP contribution in [0.15, 0.2) is 18.5 Å². The van der Waals surface area contributed by atoms with Gasteiger partial charge in [-0.3, -0.25) is 9.48 Å². The van der Waals surface area contributed by atoms with Crippen molar-refractivity contribution in [3.8, 4) is 11.3 Å². The number of carbonyl (C=O) groups excluding carboxylic acids is 1. The minimum absolute atomic E-state index is 0.0690. The van der Waals surface area contributed by atoms with Gasteiger partial charge in [0, 0.05) is 50.6 Å². The van der Waals surface area contributed by atoms with Gasteiger partial charge in [0.25, 0.3) is 0 Å². The third-order valence-corrected chi connectivity index (χ3v) is 5.94. The highest BCUT2D eigenvalue weighted by atomic mass is 16.2. The Bertz CT molecular complexity index is 852. The van der Waals surface area contributed by atoms with Crippen molar-refractivity contribution in [1.82, 2.24) is 24.6 Å². The minimum Gasteiger partial charge on any atom is -0.341 e. The normalized spacial score (nSPS) is 22.6. The van der Waals surface area contributed by atoms with Gasteiger partial charge in [-0.15, -0.1) is 0 Å². The maximum Gasteiger partial charge on any atom is 0.226 e. The Morgan fingerprint density at radius 1 is 1.11 bits per heavy atom. The number of carbonyl (C=O) groups is 1. The fourth-order valence-electron chi connectivity index (χ4n) is 4.40. The molecule has 27 heavy (non-hydrogen) atoms. The Kier molecular flexibility index (Phi) is 4.10.